The molecular formula is C22H32F3N3O. The minimum Gasteiger partial charge on any atom is -0.327 e. The zero-order valence-electron chi connectivity index (χ0n) is 17.7. The van der Waals surface area contributed by atoms with Crippen molar-refractivity contribution in [1.82, 2.24) is 9.78 Å². The summed E-state index contributed by atoms with van der Waals surface area (Å²) in [5.74, 6) is -0.547. The molecule has 0 aliphatic carbocycles. The maximum atomic E-state index is 13.5. The van der Waals surface area contributed by atoms with E-state index in [2.05, 4.69) is 18.9 Å². The summed E-state index contributed by atoms with van der Waals surface area (Å²) in [5.41, 5.74) is 6.85. The van der Waals surface area contributed by atoms with Crippen molar-refractivity contribution in [3.8, 4) is 0 Å². The third-order valence-corrected chi connectivity index (χ3v) is 4.76. The van der Waals surface area contributed by atoms with E-state index in [1.54, 1.807) is 0 Å². The molecule has 7 heteroatoms. The molecule has 0 saturated heterocycles. The fourth-order valence-corrected chi connectivity index (χ4v) is 3.31. The Bertz CT molecular complexity index is 756. The summed E-state index contributed by atoms with van der Waals surface area (Å²) in [7, 11) is 0. The van der Waals surface area contributed by atoms with Gasteiger partial charge in [-0.15, -0.1) is 0 Å². The van der Waals surface area contributed by atoms with Gasteiger partial charge in [0.1, 0.15) is 17.3 Å². The number of alkyl halides is 1. The lowest BCUT2D eigenvalue weighted by Gasteiger charge is -2.23. The number of hydrogen-bond donors (Lipinski definition) is 1. The van der Waals surface area contributed by atoms with Crippen molar-refractivity contribution in [2.75, 3.05) is 0 Å². The first-order valence-corrected chi connectivity index (χ1v) is 10.1. The molecule has 0 spiro atoms. The minimum absolute atomic E-state index is 0.0961. The molecule has 0 amide bonds. The van der Waals surface area contributed by atoms with Gasteiger partial charge < -0.3 is 5.73 Å². The second-order valence-electron chi connectivity index (χ2n) is 7.23. The summed E-state index contributed by atoms with van der Waals surface area (Å²) in [4.78, 5) is 10.8. The van der Waals surface area contributed by atoms with Crippen molar-refractivity contribution < 1.29 is 18.0 Å². The molecule has 2 N–H and O–H groups in total. The van der Waals surface area contributed by atoms with Crippen molar-refractivity contribution in [1.29, 1.82) is 0 Å². The van der Waals surface area contributed by atoms with Crippen LogP contribution in [0.5, 0.6) is 0 Å². The van der Waals surface area contributed by atoms with Crippen LogP contribution < -0.4 is 5.73 Å². The first-order chi connectivity index (χ1) is 13.7. The molecule has 0 saturated carbocycles. The van der Waals surface area contributed by atoms with E-state index in [1.807, 2.05) is 0 Å². The van der Waals surface area contributed by atoms with Crippen molar-refractivity contribution >= 4 is 5.78 Å². The van der Waals surface area contributed by atoms with Gasteiger partial charge in [-0.05, 0) is 61.9 Å². The molecule has 1 aromatic carbocycles. The molecule has 4 nitrogen and oxygen atoms in total. The number of halogens is 3. The van der Waals surface area contributed by atoms with Gasteiger partial charge in [0.15, 0.2) is 12.1 Å². The van der Waals surface area contributed by atoms with Gasteiger partial charge in [0.05, 0.1) is 0 Å². The van der Waals surface area contributed by atoms with Crippen molar-refractivity contribution in [2.24, 2.45) is 11.7 Å². The van der Waals surface area contributed by atoms with Crippen molar-refractivity contribution in [3.63, 3.8) is 0 Å². The number of Topliss-reactive ketones (excluding diaryl/α,β-unsaturated/α-hetero) is 1. The third kappa shape index (κ3) is 8.01. The Labute approximate surface area is 171 Å². The fourth-order valence-electron chi connectivity index (χ4n) is 3.31. The number of carbonyl (C=O) groups excluding carboxylic acids is 1. The predicted molar refractivity (Wildman–Crippen MR) is 109 cm³/mol. The molecule has 0 aliphatic heterocycles. The monoisotopic (exact) mass is 411 g/mol. The Morgan fingerprint density at radius 1 is 1.17 bits per heavy atom. The summed E-state index contributed by atoms with van der Waals surface area (Å²) < 4.78 is 40.3. The lowest BCUT2D eigenvalue weighted by Crippen LogP contribution is -2.32. The largest absolute Gasteiger partial charge is 0.327 e. The highest BCUT2D eigenvalue weighted by molar-refractivity contribution is 5.92. The van der Waals surface area contributed by atoms with E-state index in [1.165, 1.54) is 38.2 Å². The Balaban J connectivity index is 0.000000326. The van der Waals surface area contributed by atoms with E-state index in [9.17, 15) is 18.0 Å². The van der Waals surface area contributed by atoms with Crippen LogP contribution in [0.25, 0.3) is 0 Å². The molecule has 0 aliphatic rings. The minimum atomic E-state index is -1.25. The molecule has 2 unspecified atom stereocenters. The summed E-state index contributed by atoms with van der Waals surface area (Å²) in [6, 6.07) is 4.97. The molecule has 1 heterocycles. The van der Waals surface area contributed by atoms with Crippen molar-refractivity contribution in [2.45, 2.75) is 72.1 Å². The number of carbonyl (C=O) groups is 1. The number of hydrogen-bond acceptors (Lipinski definition) is 3. The summed E-state index contributed by atoms with van der Waals surface area (Å²) in [5, 5.41) is 3.66. The number of benzene rings is 1. The maximum absolute atomic E-state index is 13.5. The number of nitrogens with zero attached hydrogens (tertiary/aromatic N) is 2. The topological polar surface area (TPSA) is 60.9 Å². The van der Waals surface area contributed by atoms with Gasteiger partial charge in [0.25, 0.3) is 0 Å². The molecule has 29 heavy (non-hydrogen) atoms. The molecule has 0 fully saturated rings. The highest BCUT2D eigenvalue weighted by Crippen LogP contribution is 2.21. The summed E-state index contributed by atoms with van der Waals surface area (Å²) in [6.07, 6.45) is 4.82. The number of nitrogens with two attached hydrogens (primary N) is 1. The van der Waals surface area contributed by atoms with Crippen LogP contribution in [-0.4, -0.2) is 21.6 Å². The Hall–Kier alpha value is -2.15. The third-order valence-electron chi connectivity index (χ3n) is 4.76. The van der Waals surface area contributed by atoms with Crippen LogP contribution in [0.3, 0.4) is 0 Å². The number of rotatable bonds is 9. The van der Waals surface area contributed by atoms with Gasteiger partial charge in [0, 0.05) is 19.2 Å². The first-order valence-electron chi connectivity index (χ1n) is 10.1. The SMILES string of the molecule is CC(=O)c1ccnn1C(C)F.CCCC(CCC)C(N)Cc1cc(F)ccc1F. The standard InChI is InChI=1S/C15H23F2N.C7H9FN2O/c1-3-5-11(6-4-2)15(18)10-12-9-13(16)7-8-14(12)17;1-5(11)7-3-4-9-10(7)6(2)8/h7-9,11,15H,3-6,10,18H2,1-2H3;3-4,6H,1-2H3. The van der Waals surface area contributed by atoms with E-state index in [0.717, 1.165) is 36.4 Å². The van der Waals surface area contributed by atoms with Gasteiger partial charge >= 0.3 is 0 Å². The summed E-state index contributed by atoms with van der Waals surface area (Å²) >= 11 is 0. The lowest BCUT2D eigenvalue weighted by atomic mass is 9.87. The lowest BCUT2D eigenvalue weighted by molar-refractivity contribution is 0.0991. The highest BCUT2D eigenvalue weighted by Gasteiger charge is 2.18. The number of aromatic nitrogens is 2. The van der Waals surface area contributed by atoms with E-state index in [-0.39, 0.29) is 17.6 Å². The van der Waals surface area contributed by atoms with Gasteiger partial charge in [-0.2, -0.15) is 5.10 Å². The average Bonchev–Trinajstić information content (AvgIpc) is 3.15. The van der Waals surface area contributed by atoms with E-state index < -0.39 is 12.1 Å². The molecule has 162 valence electrons. The van der Waals surface area contributed by atoms with Gasteiger partial charge in [-0.1, -0.05) is 26.7 Å². The molecule has 2 rings (SSSR count). The average molecular weight is 412 g/mol. The van der Waals surface area contributed by atoms with Gasteiger partial charge in [0.2, 0.25) is 0 Å². The normalized spacial score (nSPS) is 13.0. The van der Waals surface area contributed by atoms with Crippen LogP contribution in [-0.2, 0) is 6.42 Å². The molecular weight excluding hydrogens is 379 g/mol. The second kappa shape index (κ2) is 12.4. The van der Waals surface area contributed by atoms with Crippen molar-refractivity contribution in [3.05, 3.63) is 53.4 Å². The summed E-state index contributed by atoms with van der Waals surface area (Å²) in [6.45, 7) is 6.96. The molecule has 1 aromatic heterocycles. The zero-order chi connectivity index (χ0) is 22.0. The first kappa shape index (κ1) is 24.9. The second-order valence-corrected chi connectivity index (χ2v) is 7.23. The Morgan fingerprint density at radius 3 is 2.28 bits per heavy atom. The zero-order valence-corrected chi connectivity index (χ0v) is 17.7. The van der Waals surface area contributed by atoms with Crippen LogP contribution in [0, 0.1) is 17.6 Å². The highest BCUT2D eigenvalue weighted by atomic mass is 19.1. The Morgan fingerprint density at radius 2 is 1.79 bits per heavy atom. The van der Waals surface area contributed by atoms with Gasteiger partial charge in [-0.25, -0.2) is 17.9 Å². The maximum Gasteiger partial charge on any atom is 0.189 e. The molecule has 2 aromatic rings. The van der Waals surface area contributed by atoms with Crippen LogP contribution in [0.15, 0.2) is 30.5 Å². The van der Waals surface area contributed by atoms with Crippen LogP contribution in [0.4, 0.5) is 13.2 Å². The van der Waals surface area contributed by atoms with Gasteiger partial charge in [-0.3, -0.25) is 4.79 Å². The molecule has 0 bridgehead atoms. The molecule has 2 atom stereocenters. The Kier molecular flexibility index (Phi) is 10.7. The van der Waals surface area contributed by atoms with E-state index in [0.29, 0.717) is 23.6 Å². The van der Waals surface area contributed by atoms with Crippen LogP contribution in [0.1, 0.15) is 75.7 Å². The smallest absolute Gasteiger partial charge is 0.189 e. The van der Waals surface area contributed by atoms with Crippen LogP contribution in [0.2, 0.25) is 0 Å². The van der Waals surface area contributed by atoms with E-state index >= 15 is 0 Å². The predicted octanol–water partition coefficient (Wildman–Crippen LogP) is 5.62. The fraction of sp³-hybridized carbons (Fsp3) is 0.545. The van der Waals surface area contributed by atoms with E-state index in [4.69, 9.17) is 5.73 Å². The molecule has 0 radical (unpaired) electrons. The quantitative estimate of drug-likeness (QED) is 0.545. The number of ketones is 1. The van der Waals surface area contributed by atoms with Crippen LogP contribution >= 0.6 is 0 Å².